The fourth-order valence-corrected chi connectivity index (χ4v) is 3.85. The monoisotopic (exact) mass is 388 g/mol. The van der Waals surface area contributed by atoms with Gasteiger partial charge in [-0.05, 0) is 43.2 Å². The van der Waals surface area contributed by atoms with E-state index in [2.05, 4.69) is 10.0 Å². The third kappa shape index (κ3) is 4.11. The number of hydrogen-bond donors (Lipinski definition) is 2. The van der Waals surface area contributed by atoms with E-state index in [1.807, 2.05) is 6.92 Å². The van der Waals surface area contributed by atoms with Gasteiger partial charge in [-0.25, -0.2) is 13.2 Å². The van der Waals surface area contributed by atoms with Crippen molar-refractivity contribution in [3.63, 3.8) is 0 Å². The summed E-state index contributed by atoms with van der Waals surface area (Å²) in [4.78, 5) is 23.7. The van der Waals surface area contributed by atoms with E-state index in [1.165, 1.54) is 18.2 Å². The van der Waals surface area contributed by atoms with Crippen molar-refractivity contribution in [3.8, 4) is 0 Å². The molecule has 1 aliphatic rings. The second kappa shape index (κ2) is 7.40. The van der Waals surface area contributed by atoms with E-state index in [0.29, 0.717) is 18.7 Å². The third-order valence-corrected chi connectivity index (χ3v) is 5.60. The highest BCUT2D eigenvalue weighted by Crippen LogP contribution is 2.34. The van der Waals surface area contributed by atoms with Crippen LogP contribution in [-0.2, 0) is 26.0 Å². The topological polar surface area (TPSA) is 102 Å². The average Bonchev–Trinajstić information content (AvgIpc) is 3.10. The Bertz CT molecular complexity index is 998. The Morgan fingerprint density at radius 2 is 1.89 bits per heavy atom. The summed E-state index contributed by atoms with van der Waals surface area (Å²) in [7, 11) is -3.83. The van der Waals surface area contributed by atoms with Gasteiger partial charge in [-0.15, -0.1) is 0 Å². The molecule has 8 heteroatoms. The Morgan fingerprint density at radius 3 is 2.56 bits per heavy atom. The molecular weight excluding hydrogens is 368 g/mol. The summed E-state index contributed by atoms with van der Waals surface area (Å²) in [6.45, 7) is 4.08. The van der Waals surface area contributed by atoms with E-state index >= 15 is 0 Å². The maximum absolute atomic E-state index is 12.7. The molecule has 27 heavy (non-hydrogen) atoms. The summed E-state index contributed by atoms with van der Waals surface area (Å²) in [5.41, 5.74) is 2.74. The molecule has 7 nitrogen and oxygen atoms in total. The van der Waals surface area contributed by atoms with Crippen LogP contribution in [0.1, 0.15) is 34.8 Å². The van der Waals surface area contributed by atoms with E-state index < -0.39 is 22.0 Å². The summed E-state index contributed by atoms with van der Waals surface area (Å²) in [6.07, 6.45) is 0.711. The van der Waals surface area contributed by atoms with Crippen molar-refractivity contribution in [1.29, 1.82) is 0 Å². The molecule has 0 unspecified atom stereocenters. The molecule has 0 saturated heterocycles. The van der Waals surface area contributed by atoms with Gasteiger partial charge in [0.25, 0.3) is 10.0 Å². The quantitative estimate of drug-likeness (QED) is 0.603. The number of carbonyl (C=O) groups excluding carboxylic acids is 2. The summed E-state index contributed by atoms with van der Waals surface area (Å²) in [5.74, 6) is -1.44. The van der Waals surface area contributed by atoms with Crippen molar-refractivity contribution in [2.24, 2.45) is 0 Å². The number of hydrogen-bond acceptors (Lipinski definition) is 6. The molecule has 1 heterocycles. The van der Waals surface area contributed by atoms with Crippen LogP contribution in [0, 0.1) is 6.92 Å². The van der Waals surface area contributed by atoms with Gasteiger partial charge in [0.1, 0.15) is 0 Å². The summed E-state index contributed by atoms with van der Waals surface area (Å²) in [5, 5.41) is 3.12. The van der Waals surface area contributed by atoms with Crippen LogP contribution in [-0.4, -0.2) is 26.9 Å². The number of anilines is 2. The molecule has 2 aromatic rings. The van der Waals surface area contributed by atoms with E-state index in [1.54, 1.807) is 25.1 Å². The molecule has 0 radical (unpaired) electrons. The second-order valence-corrected chi connectivity index (χ2v) is 7.95. The largest absolute Gasteiger partial charge is 0.389 e. The lowest BCUT2D eigenvalue weighted by Crippen LogP contribution is -2.16. The lowest BCUT2D eigenvalue weighted by atomic mass is 10.1. The van der Waals surface area contributed by atoms with Crippen molar-refractivity contribution in [2.75, 3.05) is 16.6 Å². The predicted molar refractivity (Wildman–Crippen MR) is 101 cm³/mol. The molecular formula is C19H20N2O5S. The van der Waals surface area contributed by atoms with Gasteiger partial charge in [0.2, 0.25) is 0 Å². The van der Waals surface area contributed by atoms with Gasteiger partial charge in [-0.1, -0.05) is 24.6 Å². The molecule has 0 fully saturated rings. The smallest absolute Gasteiger partial charge is 0.345 e. The normalized spacial score (nSPS) is 12.8. The molecule has 0 amide bonds. The van der Waals surface area contributed by atoms with Crippen molar-refractivity contribution in [2.45, 2.75) is 31.6 Å². The molecule has 0 spiro atoms. The average molecular weight is 388 g/mol. The number of nitrogens with one attached hydrogen (secondary N) is 2. The Hall–Kier alpha value is -2.87. The first-order chi connectivity index (χ1) is 12.8. The van der Waals surface area contributed by atoms with Gasteiger partial charge in [-0.2, -0.15) is 0 Å². The zero-order valence-electron chi connectivity index (χ0n) is 15.0. The van der Waals surface area contributed by atoms with Gasteiger partial charge in [-0.3, -0.25) is 9.52 Å². The van der Waals surface area contributed by atoms with E-state index in [0.717, 1.165) is 11.1 Å². The molecule has 0 aromatic heterocycles. The highest BCUT2D eigenvalue weighted by Gasteiger charge is 2.23. The van der Waals surface area contributed by atoms with Crippen LogP contribution < -0.4 is 10.0 Å². The number of esters is 2. The van der Waals surface area contributed by atoms with Crippen LogP contribution in [0.15, 0.2) is 41.3 Å². The Balaban J connectivity index is 1.96. The summed E-state index contributed by atoms with van der Waals surface area (Å²) < 4.78 is 32.7. The van der Waals surface area contributed by atoms with E-state index in [4.69, 9.17) is 4.74 Å². The van der Waals surface area contributed by atoms with Crippen molar-refractivity contribution in [3.05, 3.63) is 53.1 Å². The first-order valence-corrected chi connectivity index (χ1v) is 10.0. The van der Waals surface area contributed by atoms with Crippen molar-refractivity contribution < 1.29 is 22.7 Å². The third-order valence-electron chi connectivity index (χ3n) is 4.22. The number of carbonyl (C=O) groups is 2. The lowest BCUT2D eigenvalue weighted by Gasteiger charge is -2.14. The minimum Gasteiger partial charge on any atom is -0.389 e. The molecule has 0 bridgehead atoms. The number of ether oxygens (including phenoxy) is 1. The molecule has 142 valence electrons. The maximum Gasteiger partial charge on any atom is 0.345 e. The molecule has 3 rings (SSSR count). The maximum atomic E-state index is 12.7. The van der Waals surface area contributed by atoms with Crippen LogP contribution in [0.25, 0.3) is 0 Å². The van der Waals surface area contributed by atoms with Crippen molar-refractivity contribution in [1.82, 2.24) is 0 Å². The number of rotatable bonds is 5. The molecule has 0 atom stereocenters. The van der Waals surface area contributed by atoms with Gasteiger partial charge in [0, 0.05) is 13.0 Å². The number of sulfonamides is 1. The van der Waals surface area contributed by atoms with Gasteiger partial charge >= 0.3 is 11.9 Å². The highest BCUT2D eigenvalue weighted by atomic mass is 32.2. The van der Waals surface area contributed by atoms with Crippen LogP contribution in [0.4, 0.5) is 11.4 Å². The van der Waals surface area contributed by atoms with Crippen molar-refractivity contribution >= 4 is 33.3 Å². The fourth-order valence-electron chi connectivity index (χ4n) is 2.78. The molecule has 1 aliphatic heterocycles. The summed E-state index contributed by atoms with van der Waals surface area (Å²) >= 11 is 0. The zero-order valence-corrected chi connectivity index (χ0v) is 15.9. The molecule has 0 saturated carbocycles. The zero-order chi connectivity index (χ0) is 19.6. The van der Waals surface area contributed by atoms with Crippen LogP contribution in [0.5, 0.6) is 0 Å². The van der Waals surface area contributed by atoms with Gasteiger partial charge in [0.15, 0.2) is 0 Å². The highest BCUT2D eigenvalue weighted by molar-refractivity contribution is 7.92. The lowest BCUT2D eigenvalue weighted by molar-refractivity contribution is -0.137. The predicted octanol–water partition coefficient (Wildman–Crippen LogP) is 2.86. The van der Waals surface area contributed by atoms with Gasteiger partial charge in [0.05, 0.1) is 21.8 Å². The van der Waals surface area contributed by atoms with Crippen LogP contribution >= 0.6 is 0 Å². The SMILES string of the molecule is CCC(=O)OC(=O)c1cc2c(c(NS(=O)(=O)c3ccc(C)cc3)c1)NCC2. The molecule has 2 aromatic carbocycles. The second-order valence-electron chi connectivity index (χ2n) is 6.27. The Kier molecular flexibility index (Phi) is 5.18. The standard InChI is InChI=1S/C19H20N2O5S/c1-3-17(22)26-19(23)14-10-13-8-9-20-18(13)16(11-14)21-27(24,25)15-6-4-12(2)5-7-15/h4-7,10-11,20-21H,3,8-9H2,1-2H3. The van der Waals surface area contributed by atoms with Gasteiger partial charge < -0.3 is 10.1 Å². The Morgan fingerprint density at radius 1 is 1.19 bits per heavy atom. The summed E-state index contributed by atoms with van der Waals surface area (Å²) in [6, 6.07) is 9.45. The minimum atomic E-state index is -3.83. The molecule has 0 aliphatic carbocycles. The number of aryl methyl sites for hydroxylation is 1. The fraction of sp³-hybridized carbons (Fsp3) is 0.263. The first-order valence-electron chi connectivity index (χ1n) is 8.55. The van der Waals surface area contributed by atoms with Crippen LogP contribution in [0.2, 0.25) is 0 Å². The minimum absolute atomic E-state index is 0.0746. The number of benzene rings is 2. The van der Waals surface area contributed by atoms with Crippen LogP contribution in [0.3, 0.4) is 0 Å². The molecule has 2 N–H and O–H groups in total. The van der Waals surface area contributed by atoms with E-state index in [-0.39, 0.29) is 22.6 Å². The van der Waals surface area contributed by atoms with E-state index in [9.17, 15) is 18.0 Å². The number of fused-ring (bicyclic) bond motifs is 1. The Labute approximate surface area is 157 Å². The first kappa shape index (κ1) is 18.9.